The topological polar surface area (TPSA) is 48.0 Å². The van der Waals surface area contributed by atoms with E-state index in [2.05, 4.69) is 15.9 Å². The van der Waals surface area contributed by atoms with E-state index in [0.29, 0.717) is 10.3 Å². The molecule has 3 aromatic rings. The molecule has 0 amide bonds. The number of nitrogen functional groups attached to an aromatic ring is 1. The van der Waals surface area contributed by atoms with E-state index in [4.69, 9.17) is 5.73 Å². The largest absolute Gasteiger partial charge is 0.431 e. The standard InChI is InChI=1S/C16H10BrF3N2O/c17-11-3-1-9(2-4-11)15(23)22-13-6-5-12(21)7-10(13)8-14(22)16(18,19)20/h1-8H,21H2. The SMILES string of the molecule is Nc1ccc2c(c1)cc(C(F)(F)F)n2C(=O)c1ccc(Br)cc1. The number of aromatic nitrogens is 1. The highest BCUT2D eigenvalue weighted by Gasteiger charge is 2.37. The molecular formula is C16H10BrF3N2O. The van der Waals surface area contributed by atoms with Crippen molar-refractivity contribution in [2.75, 3.05) is 5.73 Å². The smallest absolute Gasteiger partial charge is 0.399 e. The van der Waals surface area contributed by atoms with Gasteiger partial charge in [-0.15, -0.1) is 0 Å². The quantitative estimate of drug-likeness (QED) is 0.620. The van der Waals surface area contributed by atoms with Gasteiger partial charge < -0.3 is 5.73 Å². The van der Waals surface area contributed by atoms with Gasteiger partial charge in [0.15, 0.2) is 0 Å². The minimum atomic E-state index is -4.65. The fraction of sp³-hybridized carbons (Fsp3) is 0.0625. The van der Waals surface area contributed by atoms with Gasteiger partial charge in [0.25, 0.3) is 5.91 Å². The predicted octanol–water partition coefficient (Wildman–Crippen LogP) is 4.69. The van der Waals surface area contributed by atoms with Gasteiger partial charge in [0, 0.05) is 21.1 Å². The second-order valence-electron chi connectivity index (χ2n) is 4.99. The highest BCUT2D eigenvalue weighted by molar-refractivity contribution is 9.10. The molecule has 0 fully saturated rings. The van der Waals surface area contributed by atoms with Crippen LogP contribution in [0.4, 0.5) is 18.9 Å². The third kappa shape index (κ3) is 2.84. The Balaban J connectivity index is 2.26. The van der Waals surface area contributed by atoms with Crippen molar-refractivity contribution in [1.82, 2.24) is 4.57 Å². The van der Waals surface area contributed by atoms with Crippen molar-refractivity contribution in [2.45, 2.75) is 6.18 Å². The van der Waals surface area contributed by atoms with Crippen LogP contribution in [0.2, 0.25) is 0 Å². The number of alkyl halides is 3. The van der Waals surface area contributed by atoms with Gasteiger partial charge in [-0.1, -0.05) is 15.9 Å². The maximum absolute atomic E-state index is 13.3. The van der Waals surface area contributed by atoms with E-state index in [-0.39, 0.29) is 16.5 Å². The van der Waals surface area contributed by atoms with Gasteiger partial charge in [0.2, 0.25) is 0 Å². The number of rotatable bonds is 1. The number of carbonyl (C=O) groups is 1. The molecule has 0 aliphatic carbocycles. The van der Waals surface area contributed by atoms with Gasteiger partial charge in [-0.05, 0) is 48.5 Å². The summed E-state index contributed by atoms with van der Waals surface area (Å²) in [5.41, 5.74) is 5.25. The first-order chi connectivity index (χ1) is 10.8. The minimum absolute atomic E-state index is 0.160. The molecule has 2 N–H and O–H groups in total. The lowest BCUT2D eigenvalue weighted by Gasteiger charge is -2.12. The summed E-state index contributed by atoms with van der Waals surface area (Å²) in [7, 11) is 0. The summed E-state index contributed by atoms with van der Waals surface area (Å²) in [5.74, 6) is -0.746. The summed E-state index contributed by atoms with van der Waals surface area (Å²) in [5, 5.41) is 0.266. The monoisotopic (exact) mass is 382 g/mol. The molecule has 0 saturated carbocycles. The number of halogens is 4. The number of hydrogen-bond acceptors (Lipinski definition) is 2. The highest BCUT2D eigenvalue weighted by atomic mass is 79.9. The first-order valence-electron chi connectivity index (χ1n) is 6.56. The van der Waals surface area contributed by atoms with Crippen LogP contribution in [-0.4, -0.2) is 10.5 Å². The molecule has 1 heterocycles. The van der Waals surface area contributed by atoms with Crippen LogP contribution < -0.4 is 5.73 Å². The molecule has 0 radical (unpaired) electrons. The zero-order chi connectivity index (χ0) is 16.8. The van der Waals surface area contributed by atoms with Crippen LogP contribution in [0.15, 0.2) is 53.0 Å². The van der Waals surface area contributed by atoms with E-state index in [1.54, 1.807) is 12.1 Å². The fourth-order valence-corrected chi connectivity index (χ4v) is 2.65. The van der Waals surface area contributed by atoms with Crippen LogP contribution in [-0.2, 0) is 6.18 Å². The Labute approximate surface area is 137 Å². The first-order valence-corrected chi connectivity index (χ1v) is 7.35. The number of anilines is 1. The van der Waals surface area contributed by atoms with Gasteiger partial charge in [-0.3, -0.25) is 9.36 Å². The molecular weight excluding hydrogens is 373 g/mol. The van der Waals surface area contributed by atoms with Crippen molar-refractivity contribution >= 4 is 38.4 Å². The summed E-state index contributed by atoms with van der Waals surface area (Å²) in [4.78, 5) is 12.6. The van der Waals surface area contributed by atoms with E-state index >= 15 is 0 Å². The molecule has 2 aromatic carbocycles. The van der Waals surface area contributed by atoms with E-state index in [0.717, 1.165) is 10.5 Å². The van der Waals surface area contributed by atoms with Crippen molar-refractivity contribution in [3.05, 3.63) is 64.3 Å². The van der Waals surface area contributed by atoms with E-state index in [1.807, 2.05) is 0 Å². The Kier molecular flexibility index (Phi) is 3.68. The van der Waals surface area contributed by atoms with Crippen molar-refractivity contribution in [2.24, 2.45) is 0 Å². The molecule has 0 aliphatic rings. The van der Waals surface area contributed by atoms with E-state index < -0.39 is 17.8 Å². The number of hydrogen-bond donors (Lipinski definition) is 1. The number of nitrogens with zero attached hydrogens (tertiary/aromatic N) is 1. The zero-order valence-corrected chi connectivity index (χ0v) is 13.1. The van der Waals surface area contributed by atoms with Crippen molar-refractivity contribution < 1.29 is 18.0 Å². The predicted molar refractivity (Wildman–Crippen MR) is 85.2 cm³/mol. The molecule has 3 rings (SSSR count). The molecule has 3 nitrogen and oxygen atoms in total. The van der Waals surface area contributed by atoms with Crippen molar-refractivity contribution in [3.8, 4) is 0 Å². The average molecular weight is 383 g/mol. The van der Waals surface area contributed by atoms with Gasteiger partial charge >= 0.3 is 6.18 Å². The van der Waals surface area contributed by atoms with Crippen LogP contribution >= 0.6 is 15.9 Å². The molecule has 0 saturated heterocycles. The summed E-state index contributed by atoms with van der Waals surface area (Å²) >= 11 is 3.23. The van der Waals surface area contributed by atoms with Gasteiger partial charge in [0.1, 0.15) is 5.69 Å². The van der Waals surface area contributed by atoms with Crippen LogP contribution in [0, 0.1) is 0 Å². The molecule has 0 unspecified atom stereocenters. The molecule has 0 bridgehead atoms. The number of carbonyl (C=O) groups excluding carboxylic acids is 1. The number of benzene rings is 2. The van der Waals surface area contributed by atoms with Crippen LogP contribution in [0.3, 0.4) is 0 Å². The van der Waals surface area contributed by atoms with Gasteiger partial charge in [-0.2, -0.15) is 13.2 Å². The van der Waals surface area contributed by atoms with Crippen molar-refractivity contribution in [3.63, 3.8) is 0 Å². The third-order valence-electron chi connectivity index (χ3n) is 3.41. The normalized spacial score (nSPS) is 11.8. The van der Waals surface area contributed by atoms with Crippen molar-refractivity contribution in [1.29, 1.82) is 0 Å². The first kappa shape index (κ1) is 15.6. The molecule has 1 aromatic heterocycles. The second-order valence-corrected chi connectivity index (χ2v) is 5.91. The Morgan fingerprint density at radius 1 is 1.04 bits per heavy atom. The lowest BCUT2D eigenvalue weighted by molar-refractivity contribution is -0.142. The maximum atomic E-state index is 13.3. The Morgan fingerprint density at radius 3 is 2.30 bits per heavy atom. The third-order valence-corrected chi connectivity index (χ3v) is 3.94. The molecule has 118 valence electrons. The lowest BCUT2D eigenvalue weighted by Crippen LogP contribution is -2.20. The van der Waals surface area contributed by atoms with E-state index in [9.17, 15) is 18.0 Å². The molecule has 0 aliphatic heterocycles. The molecule has 7 heteroatoms. The van der Waals surface area contributed by atoms with E-state index in [1.165, 1.54) is 30.3 Å². The summed E-state index contributed by atoms with van der Waals surface area (Å²) in [6, 6.07) is 11.4. The fourth-order valence-electron chi connectivity index (χ4n) is 2.38. The van der Waals surface area contributed by atoms with Crippen LogP contribution in [0.1, 0.15) is 16.1 Å². The molecule has 0 spiro atoms. The van der Waals surface area contributed by atoms with Crippen LogP contribution in [0.5, 0.6) is 0 Å². The molecule has 0 atom stereocenters. The number of nitrogens with two attached hydrogens (primary N) is 1. The summed E-state index contributed by atoms with van der Waals surface area (Å²) < 4.78 is 41.4. The van der Waals surface area contributed by atoms with Gasteiger partial charge in [-0.25, -0.2) is 0 Å². The Morgan fingerprint density at radius 2 is 1.70 bits per heavy atom. The van der Waals surface area contributed by atoms with Gasteiger partial charge in [0.05, 0.1) is 5.52 Å². The van der Waals surface area contributed by atoms with Crippen LogP contribution in [0.25, 0.3) is 10.9 Å². The Bertz CT molecular complexity index is 898. The number of fused-ring (bicyclic) bond motifs is 1. The maximum Gasteiger partial charge on any atom is 0.431 e. The lowest BCUT2D eigenvalue weighted by atomic mass is 10.2. The average Bonchev–Trinajstić information content (AvgIpc) is 2.86. The summed E-state index contributed by atoms with van der Waals surface area (Å²) in [6.45, 7) is 0. The zero-order valence-electron chi connectivity index (χ0n) is 11.6. The highest BCUT2D eigenvalue weighted by Crippen LogP contribution is 2.35. The molecule has 23 heavy (non-hydrogen) atoms. The summed E-state index contributed by atoms with van der Waals surface area (Å²) in [6.07, 6.45) is -4.65. The Hall–Kier alpha value is -2.28. The second kappa shape index (κ2) is 5.42. The minimum Gasteiger partial charge on any atom is -0.399 e.